The van der Waals surface area contributed by atoms with Gasteiger partial charge in [0.25, 0.3) is 0 Å². The SMILES string of the molecule is CN(Cc1ccccc1)c1ccc(Cl)cc1Oc1ccccc1F. The molecule has 0 bridgehead atoms. The van der Waals surface area contributed by atoms with E-state index >= 15 is 0 Å². The molecule has 0 fully saturated rings. The molecular weight excluding hydrogens is 325 g/mol. The van der Waals surface area contributed by atoms with Crippen LogP contribution in [-0.2, 0) is 6.54 Å². The van der Waals surface area contributed by atoms with E-state index in [0.717, 1.165) is 5.69 Å². The molecule has 0 amide bonds. The van der Waals surface area contributed by atoms with Crippen molar-refractivity contribution < 1.29 is 9.13 Å². The summed E-state index contributed by atoms with van der Waals surface area (Å²) in [6.07, 6.45) is 0. The van der Waals surface area contributed by atoms with Crippen molar-refractivity contribution in [2.75, 3.05) is 11.9 Å². The fraction of sp³-hybridized carbons (Fsp3) is 0.100. The maximum Gasteiger partial charge on any atom is 0.165 e. The van der Waals surface area contributed by atoms with Crippen molar-refractivity contribution in [2.45, 2.75) is 6.54 Å². The van der Waals surface area contributed by atoms with Gasteiger partial charge < -0.3 is 9.64 Å². The van der Waals surface area contributed by atoms with Crippen LogP contribution in [0.2, 0.25) is 5.02 Å². The number of halogens is 2. The van der Waals surface area contributed by atoms with Crippen LogP contribution < -0.4 is 9.64 Å². The molecule has 0 aliphatic rings. The molecule has 2 nitrogen and oxygen atoms in total. The lowest BCUT2D eigenvalue weighted by atomic mass is 10.2. The van der Waals surface area contributed by atoms with Gasteiger partial charge in [0.2, 0.25) is 0 Å². The average molecular weight is 342 g/mol. The van der Waals surface area contributed by atoms with Crippen LogP contribution in [0.4, 0.5) is 10.1 Å². The lowest BCUT2D eigenvalue weighted by Gasteiger charge is -2.22. The first-order valence-corrected chi connectivity index (χ1v) is 7.98. The van der Waals surface area contributed by atoms with Crippen molar-refractivity contribution in [1.82, 2.24) is 0 Å². The van der Waals surface area contributed by atoms with Crippen molar-refractivity contribution >= 4 is 17.3 Å². The fourth-order valence-corrected chi connectivity index (χ4v) is 2.64. The topological polar surface area (TPSA) is 12.5 Å². The number of hydrogen-bond acceptors (Lipinski definition) is 2. The van der Waals surface area contributed by atoms with E-state index in [-0.39, 0.29) is 5.75 Å². The van der Waals surface area contributed by atoms with Gasteiger partial charge in [-0.1, -0.05) is 54.1 Å². The van der Waals surface area contributed by atoms with Crippen LogP contribution in [0.15, 0.2) is 72.8 Å². The fourth-order valence-electron chi connectivity index (χ4n) is 2.47. The van der Waals surface area contributed by atoms with Gasteiger partial charge >= 0.3 is 0 Å². The molecule has 0 saturated carbocycles. The van der Waals surface area contributed by atoms with Crippen LogP contribution in [0, 0.1) is 5.82 Å². The first kappa shape index (κ1) is 16.3. The number of ether oxygens (including phenoxy) is 1. The van der Waals surface area contributed by atoms with Crippen LogP contribution in [0.1, 0.15) is 5.56 Å². The summed E-state index contributed by atoms with van der Waals surface area (Å²) < 4.78 is 19.7. The quantitative estimate of drug-likeness (QED) is 0.572. The summed E-state index contributed by atoms with van der Waals surface area (Å²) in [4.78, 5) is 2.04. The van der Waals surface area contributed by atoms with E-state index in [1.165, 1.54) is 11.6 Å². The Morgan fingerprint density at radius 1 is 0.917 bits per heavy atom. The number of nitrogens with zero attached hydrogens (tertiary/aromatic N) is 1. The molecule has 24 heavy (non-hydrogen) atoms. The molecule has 0 aliphatic carbocycles. The number of anilines is 1. The molecule has 0 aliphatic heterocycles. The smallest absolute Gasteiger partial charge is 0.165 e. The standard InChI is InChI=1S/C20H17ClFNO/c1-23(14-15-7-3-2-4-8-15)18-12-11-16(21)13-20(18)24-19-10-6-5-9-17(19)22/h2-13H,14H2,1H3. The summed E-state index contributed by atoms with van der Waals surface area (Å²) >= 11 is 6.10. The highest BCUT2D eigenvalue weighted by molar-refractivity contribution is 6.30. The summed E-state index contributed by atoms with van der Waals surface area (Å²) in [5.74, 6) is 0.286. The third-order valence-electron chi connectivity index (χ3n) is 3.65. The first-order chi connectivity index (χ1) is 11.6. The van der Waals surface area contributed by atoms with E-state index in [4.69, 9.17) is 16.3 Å². The lowest BCUT2D eigenvalue weighted by Crippen LogP contribution is -2.17. The normalized spacial score (nSPS) is 10.5. The second-order valence-electron chi connectivity index (χ2n) is 5.49. The molecular formula is C20H17ClFNO. The predicted octanol–water partition coefficient (Wildman–Crippen LogP) is 5.91. The van der Waals surface area contributed by atoms with E-state index in [9.17, 15) is 4.39 Å². The Kier molecular flexibility index (Phi) is 5.02. The third-order valence-corrected chi connectivity index (χ3v) is 3.89. The molecule has 0 N–H and O–H groups in total. The largest absolute Gasteiger partial charge is 0.452 e. The Hall–Kier alpha value is -2.52. The second kappa shape index (κ2) is 7.37. The van der Waals surface area contributed by atoms with Gasteiger partial charge in [-0.05, 0) is 29.8 Å². The molecule has 0 saturated heterocycles. The van der Waals surface area contributed by atoms with E-state index in [1.54, 1.807) is 30.3 Å². The van der Waals surface area contributed by atoms with Gasteiger partial charge in [-0.2, -0.15) is 0 Å². The Morgan fingerprint density at radius 2 is 1.62 bits per heavy atom. The monoisotopic (exact) mass is 341 g/mol. The maximum absolute atomic E-state index is 13.9. The highest BCUT2D eigenvalue weighted by Gasteiger charge is 2.13. The van der Waals surface area contributed by atoms with Crippen LogP contribution in [0.25, 0.3) is 0 Å². The molecule has 0 unspecified atom stereocenters. The average Bonchev–Trinajstić information content (AvgIpc) is 2.58. The summed E-state index contributed by atoms with van der Waals surface area (Å²) in [5, 5.41) is 0.540. The molecule has 3 aromatic rings. The molecule has 0 spiro atoms. The van der Waals surface area contributed by atoms with Crippen molar-refractivity contribution in [1.29, 1.82) is 0 Å². The number of benzene rings is 3. The van der Waals surface area contributed by atoms with Gasteiger partial charge in [-0.3, -0.25) is 0 Å². The second-order valence-corrected chi connectivity index (χ2v) is 5.92. The summed E-state index contributed by atoms with van der Waals surface area (Å²) in [5.41, 5.74) is 2.01. The van der Waals surface area contributed by atoms with Gasteiger partial charge in [0.15, 0.2) is 17.3 Å². The van der Waals surface area contributed by atoms with Gasteiger partial charge in [0.1, 0.15) is 0 Å². The number of hydrogen-bond donors (Lipinski definition) is 0. The molecule has 0 aromatic heterocycles. The van der Waals surface area contributed by atoms with Gasteiger partial charge in [0, 0.05) is 24.7 Å². The summed E-state index contributed by atoms with van der Waals surface area (Å²) in [6, 6.07) is 21.8. The Morgan fingerprint density at radius 3 is 2.38 bits per heavy atom. The number of para-hydroxylation sites is 1. The maximum atomic E-state index is 13.9. The number of rotatable bonds is 5. The molecule has 0 radical (unpaired) electrons. The minimum atomic E-state index is -0.408. The van der Waals surface area contributed by atoms with E-state index < -0.39 is 5.82 Å². The Balaban J connectivity index is 1.89. The van der Waals surface area contributed by atoms with E-state index in [2.05, 4.69) is 12.1 Å². The lowest BCUT2D eigenvalue weighted by molar-refractivity contribution is 0.442. The molecule has 4 heteroatoms. The van der Waals surface area contributed by atoms with Gasteiger partial charge in [-0.15, -0.1) is 0 Å². The summed E-state index contributed by atoms with van der Waals surface area (Å²) in [6.45, 7) is 0.704. The molecule has 122 valence electrons. The first-order valence-electron chi connectivity index (χ1n) is 7.60. The van der Waals surface area contributed by atoms with Crippen LogP contribution in [0.5, 0.6) is 11.5 Å². The van der Waals surface area contributed by atoms with Crippen LogP contribution >= 0.6 is 11.6 Å². The molecule has 3 rings (SSSR count). The highest BCUT2D eigenvalue weighted by Crippen LogP contribution is 2.35. The van der Waals surface area contributed by atoms with Gasteiger partial charge in [0.05, 0.1) is 5.69 Å². The minimum absolute atomic E-state index is 0.175. The van der Waals surface area contributed by atoms with Crippen molar-refractivity contribution in [3.63, 3.8) is 0 Å². The van der Waals surface area contributed by atoms with Crippen molar-refractivity contribution in [3.8, 4) is 11.5 Å². The highest BCUT2D eigenvalue weighted by atomic mass is 35.5. The zero-order valence-electron chi connectivity index (χ0n) is 13.2. The zero-order valence-corrected chi connectivity index (χ0v) is 14.0. The molecule has 3 aromatic carbocycles. The van der Waals surface area contributed by atoms with Crippen LogP contribution in [0.3, 0.4) is 0 Å². The van der Waals surface area contributed by atoms with Crippen molar-refractivity contribution in [3.05, 3.63) is 89.2 Å². The van der Waals surface area contributed by atoms with Crippen molar-refractivity contribution in [2.24, 2.45) is 0 Å². The predicted molar refractivity (Wildman–Crippen MR) is 96.5 cm³/mol. The molecule has 0 heterocycles. The Bertz CT molecular complexity index is 823. The zero-order chi connectivity index (χ0) is 16.9. The molecule has 0 atom stereocenters. The van der Waals surface area contributed by atoms with E-state index in [1.807, 2.05) is 36.2 Å². The Labute approximate surface area is 146 Å². The summed E-state index contributed by atoms with van der Waals surface area (Å²) in [7, 11) is 1.96. The van der Waals surface area contributed by atoms with Crippen LogP contribution in [-0.4, -0.2) is 7.05 Å². The van der Waals surface area contributed by atoms with E-state index in [0.29, 0.717) is 17.3 Å². The minimum Gasteiger partial charge on any atom is -0.452 e. The third kappa shape index (κ3) is 3.87. The van der Waals surface area contributed by atoms with Gasteiger partial charge in [-0.25, -0.2) is 4.39 Å².